The monoisotopic (exact) mass is 311 g/mol. The van der Waals surface area contributed by atoms with Crippen LogP contribution in [0.5, 0.6) is 0 Å². The van der Waals surface area contributed by atoms with Crippen molar-refractivity contribution in [2.24, 2.45) is 0 Å². The molecule has 2 fully saturated rings. The van der Waals surface area contributed by atoms with E-state index in [-0.39, 0.29) is 12.2 Å². The number of ether oxygens (including phenoxy) is 2. The first kappa shape index (κ1) is 14.8. The van der Waals surface area contributed by atoms with Gasteiger partial charge in [-0.05, 0) is 18.6 Å². The van der Waals surface area contributed by atoms with E-state index in [1.807, 2.05) is 28.8 Å². The van der Waals surface area contributed by atoms with Gasteiger partial charge in [0.1, 0.15) is 11.9 Å². The van der Waals surface area contributed by atoms with Crippen molar-refractivity contribution in [2.75, 3.05) is 32.1 Å². The van der Waals surface area contributed by atoms with E-state index in [0.717, 1.165) is 43.9 Å². The third-order valence-electron chi connectivity index (χ3n) is 3.90. The average Bonchev–Trinajstić information content (AvgIpc) is 2.93. The minimum absolute atomic E-state index is 0.0167. The van der Waals surface area contributed by atoms with Gasteiger partial charge in [-0.15, -0.1) is 11.8 Å². The van der Waals surface area contributed by atoms with Crippen LogP contribution < -0.4 is 0 Å². The van der Waals surface area contributed by atoms with Gasteiger partial charge in [0.2, 0.25) is 0 Å². The van der Waals surface area contributed by atoms with Gasteiger partial charge in [0.15, 0.2) is 0 Å². The maximum Gasteiger partial charge on any atom is 0.410 e. The maximum atomic E-state index is 12.2. The largest absolute Gasteiger partial charge is 0.468 e. The predicted octanol–water partition coefficient (Wildman–Crippen LogP) is 3.08. The molecule has 1 aromatic heterocycles. The molecule has 1 amide bonds. The number of nitrogens with zero attached hydrogens (tertiary/aromatic N) is 1. The topological polar surface area (TPSA) is 51.9 Å². The summed E-state index contributed by atoms with van der Waals surface area (Å²) in [6.07, 6.45) is 4.07. The van der Waals surface area contributed by atoms with Crippen molar-refractivity contribution in [2.45, 2.75) is 30.6 Å². The Bertz CT molecular complexity index is 445. The van der Waals surface area contributed by atoms with Crippen molar-refractivity contribution in [1.82, 2.24) is 4.90 Å². The first-order chi connectivity index (χ1) is 10.3. The Morgan fingerprint density at radius 1 is 1.29 bits per heavy atom. The Balaban J connectivity index is 1.51. The molecule has 0 spiro atoms. The summed E-state index contributed by atoms with van der Waals surface area (Å²) in [4.78, 5) is 14.1. The lowest BCUT2D eigenvalue weighted by Gasteiger charge is -2.26. The van der Waals surface area contributed by atoms with Gasteiger partial charge in [0, 0.05) is 31.7 Å². The minimum Gasteiger partial charge on any atom is -0.468 e. The van der Waals surface area contributed by atoms with Crippen molar-refractivity contribution >= 4 is 17.9 Å². The summed E-state index contributed by atoms with van der Waals surface area (Å²) in [7, 11) is 0. The number of hydrogen-bond acceptors (Lipinski definition) is 5. The quantitative estimate of drug-likeness (QED) is 0.840. The molecule has 0 N–H and O–H groups in total. The van der Waals surface area contributed by atoms with Gasteiger partial charge in [0.05, 0.1) is 24.7 Å². The molecule has 0 bridgehead atoms. The lowest BCUT2D eigenvalue weighted by atomic mass is 10.2. The van der Waals surface area contributed by atoms with Crippen molar-refractivity contribution in [3.05, 3.63) is 24.2 Å². The molecule has 0 aromatic carbocycles. The molecule has 1 unspecified atom stereocenters. The molecule has 21 heavy (non-hydrogen) atoms. The van der Waals surface area contributed by atoms with Crippen LogP contribution in [-0.2, 0) is 9.47 Å². The zero-order valence-electron chi connectivity index (χ0n) is 12.0. The minimum atomic E-state index is -0.178. The molecular formula is C15H21NO4S. The van der Waals surface area contributed by atoms with E-state index in [2.05, 4.69) is 0 Å². The smallest absolute Gasteiger partial charge is 0.410 e. The molecule has 0 radical (unpaired) electrons. The lowest BCUT2D eigenvalue weighted by molar-refractivity contribution is -0.00964. The van der Waals surface area contributed by atoms with E-state index < -0.39 is 0 Å². The standard InChI is InChI=1S/C15H21NO4S/c17-15(20-12-4-9-18-10-5-12)16-6-3-14(21-11-7-16)13-2-1-8-19-13/h1-2,8,12,14H,3-7,9-11H2. The van der Waals surface area contributed by atoms with Crippen LogP contribution in [0, 0.1) is 0 Å². The van der Waals surface area contributed by atoms with Gasteiger partial charge in [-0.3, -0.25) is 0 Å². The first-order valence-corrected chi connectivity index (χ1v) is 8.56. The van der Waals surface area contributed by atoms with Gasteiger partial charge >= 0.3 is 6.09 Å². The highest BCUT2D eigenvalue weighted by molar-refractivity contribution is 7.99. The Morgan fingerprint density at radius 2 is 2.14 bits per heavy atom. The molecule has 0 saturated carbocycles. The zero-order valence-corrected chi connectivity index (χ0v) is 12.8. The van der Waals surface area contributed by atoms with E-state index in [9.17, 15) is 4.79 Å². The fraction of sp³-hybridized carbons (Fsp3) is 0.667. The Kier molecular flexibility index (Phi) is 5.08. The van der Waals surface area contributed by atoms with Crippen LogP contribution in [0.2, 0.25) is 0 Å². The highest BCUT2D eigenvalue weighted by Crippen LogP contribution is 2.34. The summed E-state index contributed by atoms with van der Waals surface area (Å²) in [5, 5.41) is 0.334. The first-order valence-electron chi connectivity index (χ1n) is 7.51. The van der Waals surface area contributed by atoms with Crippen molar-refractivity contribution in [3.63, 3.8) is 0 Å². The summed E-state index contributed by atoms with van der Waals surface area (Å²) in [5.41, 5.74) is 0. The predicted molar refractivity (Wildman–Crippen MR) is 80.4 cm³/mol. The van der Waals surface area contributed by atoms with Crippen molar-refractivity contribution < 1.29 is 18.7 Å². The summed E-state index contributed by atoms with van der Waals surface area (Å²) >= 11 is 1.85. The number of carbonyl (C=O) groups excluding carboxylic acids is 1. The van der Waals surface area contributed by atoms with Crippen molar-refractivity contribution in [1.29, 1.82) is 0 Å². The van der Waals surface area contributed by atoms with Crippen LogP contribution >= 0.6 is 11.8 Å². The fourth-order valence-corrected chi connectivity index (χ4v) is 3.85. The highest BCUT2D eigenvalue weighted by atomic mass is 32.2. The van der Waals surface area contributed by atoms with Crippen molar-refractivity contribution in [3.8, 4) is 0 Å². The lowest BCUT2D eigenvalue weighted by Crippen LogP contribution is -2.37. The van der Waals surface area contributed by atoms with Gasteiger partial charge in [-0.2, -0.15) is 0 Å². The summed E-state index contributed by atoms with van der Waals surface area (Å²) in [6, 6.07) is 3.92. The normalized spacial score (nSPS) is 24.6. The summed E-state index contributed by atoms with van der Waals surface area (Å²) in [5.74, 6) is 1.91. The highest BCUT2D eigenvalue weighted by Gasteiger charge is 2.26. The summed E-state index contributed by atoms with van der Waals surface area (Å²) < 4.78 is 16.3. The van der Waals surface area contributed by atoms with E-state index in [1.165, 1.54) is 0 Å². The van der Waals surface area contributed by atoms with Crippen LogP contribution in [-0.4, -0.2) is 49.2 Å². The molecule has 3 rings (SSSR count). The Labute approximate surface area is 128 Å². The van der Waals surface area contributed by atoms with E-state index in [0.29, 0.717) is 18.5 Å². The molecule has 2 aliphatic heterocycles. The third-order valence-corrected chi connectivity index (χ3v) is 5.18. The SMILES string of the molecule is O=C(OC1CCOCC1)N1CCSC(c2ccco2)CC1. The number of amides is 1. The molecule has 1 aromatic rings. The molecule has 5 nitrogen and oxygen atoms in total. The molecule has 0 aliphatic carbocycles. The molecule has 2 aliphatic rings. The molecule has 2 saturated heterocycles. The molecule has 1 atom stereocenters. The number of carbonyl (C=O) groups is 1. The van der Waals surface area contributed by atoms with Crippen LogP contribution in [0.1, 0.15) is 30.3 Å². The van der Waals surface area contributed by atoms with Crippen LogP contribution in [0.4, 0.5) is 4.79 Å². The number of rotatable bonds is 2. The molecule has 6 heteroatoms. The average molecular weight is 311 g/mol. The fourth-order valence-electron chi connectivity index (χ4n) is 2.67. The number of hydrogen-bond donors (Lipinski definition) is 0. The van der Waals surface area contributed by atoms with Crippen LogP contribution in [0.25, 0.3) is 0 Å². The second kappa shape index (κ2) is 7.22. The maximum absolute atomic E-state index is 12.2. The number of thioether (sulfide) groups is 1. The molecule has 3 heterocycles. The van der Waals surface area contributed by atoms with Gasteiger partial charge in [-0.25, -0.2) is 4.79 Å². The van der Waals surface area contributed by atoms with Crippen LogP contribution in [0.3, 0.4) is 0 Å². The Morgan fingerprint density at radius 3 is 2.90 bits per heavy atom. The van der Waals surface area contributed by atoms with Gasteiger partial charge < -0.3 is 18.8 Å². The Hall–Kier alpha value is -1.14. The molecular weight excluding hydrogens is 290 g/mol. The van der Waals surface area contributed by atoms with Gasteiger partial charge in [0.25, 0.3) is 0 Å². The molecule has 116 valence electrons. The van der Waals surface area contributed by atoms with Crippen LogP contribution in [0.15, 0.2) is 22.8 Å². The second-order valence-electron chi connectivity index (χ2n) is 5.35. The zero-order chi connectivity index (χ0) is 14.5. The van der Waals surface area contributed by atoms with E-state index in [1.54, 1.807) is 6.26 Å². The van der Waals surface area contributed by atoms with Gasteiger partial charge in [-0.1, -0.05) is 0 Å². The summed E-state index contributed by atoms with van der Waals surface area (Å²) in [6.45, 7) is 2.84. The number of furan rings is 1. The third kappa shape index (κ3) is 3.95. The van der Waals surface area contributed by atoms with E-state index in [4.69, 9.17) is 13.9 Å². The second-order valence-corrected chi connectivity index (χ2v) is 6.66. The van der Waals surface area contributed by atoms with E-state index >= 15 is 0 Å².